The van der Waals surface area contributed by atoms with Crippen LogP contribution in [0.25, 0.3) is 22.3 Å². The molecular formula is C30H39N5O6S. The number of nitrogens with one attached hydrogen (secondary N) is 2. The van der Waals surface area contributed by atoms with Crippen molar-refractivity contribution in [3.8, 4) is 22.9 Å². The minimum absolute atomic E-state index is 0.0624. The third-order valence-electron chi connectivity index (χ3n) is 7.11. The number of aromatic nitrogens is 2. The van der Waals surface area contributed by atoms with Gasteiger partial charge in [0, 0.05) is 54.7 Å². The fourth-order valence-corrected chi connectivity index (χ4v) is 6.04. The van der Waals surface area contributed by atoms with E-state index < -0.39 is 24.0 Å². The highest BCUT2D eigenvalue weighted by Crippen LogP contribution is 2.35. The number of likely N-dealkylation sites (tertiary alicyclic amines) is 1. The van der Waals surface area contributed by atoms with Crippen molar-refractivity contribution < 1.29 is 29.0 Å². The molecule has 1 aliphatic heterocycles. The predicted octanol–water partition coefficient (Wildman–Crippen LogP) is 4.42. The van der Waals surface area contributed by atoms with Gasteiger partial charge >= 0.3 is 5.97 Å². The number of aliphatic carboxylic acids is 1. The van der Waals surface area contributed by atoms with Crippen LogP contribution in [0.3, 0.4) is 0 Å². The number of methoxy groups -OCH3 is 1. The van der Waals surface area contributed by atoms with Gasteiger partial charge in [0.25, 0.3) is 0 Å². The molecule has 2 aromatic heterocycles. The van der Waals surface area contributed by atoms with Gasteiger partial charge in [-0.15, -0.1) is 11.3 Å². The molecular weight excluding hydrogens is 558 g/mol. The molecule has 3 N–H and O–H groups in total. The molecule has 1 saturated heterocycles. The van der Waals surface area contributed by atoms with Crippen LogP contribution in [0.15, 0.2) is 29.6 Å². The van der Waals surface area contributed by atoms with Crippen LogP contribution in [0.4, 0.5) is 5.13 Å². The van der Waals surface area contributed by atoms with Crippen molar-refractivity contribution in [2.24, 2.45) is 11.8 Å². The van der Waals surface area contributed by atoms with Crippen molar-refractivity contribution in [3.05, 3.63) is 29.6 Å². The van der Waals surface area contributed by atoms with Gasteiger partial charge in [0.1, 0.15) is 29.3 Å². The Balaban J connectivity index is 1.62. The van der Waals surface area contributed by atoms with E-state index in [9.17, 15) is 19.5 Å². The van der Waals surface area contributed by atoms with E-state index in [1.807, 2.05) is 51.3 Å². The minimum atomic E-state index is -1.10. The van der Waals surface area contributed by atoms with Crippen LogP contribution in [-0.2, 0) is 14.4 Å². The fourth-order valence-electron chi connectivity index (χ4n) is 5.19. The molecule has 0 bridgehead atoms. The van der Waals surface area contributed by atoms with Gasteiger partial charge in [-0.25, -0.2) is 14.8 Å². The first kappa shape index (κ1) is 31.0. The van der Waals surface area contributed by atoms with Crippen LogP contribution < -0.4 is 20.1 Å². The molecule has 4 rings (SSSR count). The standard InChI is InChI=1S/C30H39N5O6S/c1-16(2)9-18(28(37)31-5)10-27(36)35-14-20(12-25(35)29(38)39)41-26-13-23(24-15-42-30(34-24)32-17(3)4)33-22-11-19(40-6)7-8-21(22)26/h7-8,11,13,15-18,20,25H,9-10,12,14H2,1-6H3,(H,31,37)(H,32,34)(H,38,39)/t18-,20+,25-/m0/s1. The van der Waals surface area contributed by atoms with Crippen LogP contribution in [-0.4, -0.2) is 76.6 Å². The third-order valence-corrected chi connectivity index (χ3v) is 7.89. The lowest BCUT2D eigenvalue weighted by Crippen LogP contribution is -2.42. The zero-order valence-corrected chi connectivity index (χ0v) is 25.7. The number of anilines is 1. The Bertz CT molecular complexity index is 1440. The van der Waals surface area contributed by atoms with Crippen molar-refractivity contribution in [2.75, 3.05) is 26.0 Å². The number of rotatable bonds is 12. The van der Waals surface area contributed by atoms with Crippen LogP contribution in [0.2, 0.25) is 0 Å². The second kappa shape index (κ2) is 13.4. The lowest BCUT2D eigenvalue weighted by atomic mass is 9.92. The second-order valence-corrected chi connectivity index (χ2v) is 12.1. The van der Waals surface area contributed by atoms with Gasteiger partial charge in [-0.3, -0.25) is 9.59 Å². The average Bonchev–Trinajstić information content (AvgIpc) is 3.58. The van der Waals surface area contributed by atoms with Crippen LogP contribution >= 0.6 is 11.3 Å². The molecule has 1 fully saturated rings. The van der Waals surface area contributed by atoms with Crippen molar-refractivity contribution >= 4 is 45.2 Å². The molecule has 226 valence electrons. The summed E-state index contributed by atoms with van der Waals surface area (Å²) in [5.41, 5.74) is 1.91. The number of benzene rings is 1. The number of carboxylic acids is 1. The summed E-state index contributed by atoms with van der Waals surface area (Å²) in [5.74, 6) is -0.895. The van der Waals surface area contributed by atoms with Crippen LogP contribution in [0.1, 0.15) is 47.0 Å². The van der Waals surface area contributed by atoms with E-state index >= 15 is 0 Å². The number of thiazole rings is 1. The molecule has 0 saturated carbocycles. The number of hydrogen-bond donors (Lipinski definition) is 3. The molecule has 1 aliphatic rings. The summed E-state index contributed by atoms with van der Waals surface area (Å²) < 4.78 is 11.8. The summed E-state index contributed by atoms with van der Waals surface area (Å²) in [5, 5.41) is 19.3. The van der Waals surface area contributed by atoms with Gasteiger partial charge in [0.15, 0.2) is 5.13 Å². The predicted molar refractivity (Wildman–Crippen MR) is 162 cm³/mol. The highest BCUT2D eigenvalue weighted by molar-refractivity contribution is 7.14. The average molecular weight is 598 g/mol. The zero-order valence-electron chi connectivity index (χ0n) is 24.8. The first-order valence-corrected chi connectivity index (χ1v) is 15.0. The first-order valence-electron chi connectivity index (χ1n) is 14.1. The number of carbonyl (C=O) groups is 3. The number of nitrogens with zero attached hydrogens (tertiary/aromatic N) is 3. The maximum absolute atomic E-state index is 13.4. The number of fused-ring (bicyclic) bond motifs is 1. The van der Waals surface area contributed by atoms with E-state index in [-0.39, 0.29) is 43.2 Å². The zero-order chi connectivity index (χ0) is 30.6. The van der Waals surface area contributed by atoms with Gasteiger partial charge in [0.2, 0.25) is 11.8 Å². The molecule has 0 aliphatic carbocycles. The van der Waals surface area contributed by atoms with E-state index in [4.69, 9.17) is 14.5 Å². The molecule has 0 radical (unpaired) electrons. The molecule has 42 heavy (non-hydrogen) atoms. The number of ether oxygens (including phenoxy) is 2. The highest BCUT2D eigenvalue weighted by atomic mass is 32.1. The maximum atomic E-state index is 13.4. The van der Waals surface area contributed by atoms with Gasteiger partial charge in [-0.1, -0.05) is 13.8 Å². The Morgan fingerprint density at radius 1 is 1.14 bits per heavy atom. The smallest absolute Gasteiger partial charge is 0.326 e. The first-order chi connectivity index (χ1) is 20.0. The van der Waals surface area contributed by atoms with E-state index in [2.05, 4.69) is 15.6 Å². The molecule has 1 aromatic carbocycles. The Hall–Kier alpha value is -3.93. The SMILES string of the molecule is CNC(=O)[C@H](CC(=O)N1C[C@H](Oc2cc(-c3csc(NC(C)C)n3)nc3cc(OC)ccc23)C[C@H]1C(=O)O)CC(C)C. The topological polar surface area (TPSA) is 143 Å². The van der Waals surface area contributed by atoms with E-state index in [0.717, 1.165) is 10.5 Å². The quantitative estimate of drug-likeness (QED) is 0.276. The molecule has 0 unspecified atom stereocenters. The van der Waals surface area contributed by atoms with Gasteiger partial charge < -0.3 is 30.1 Å². The van der Waals surface area contributed by atoms with E-state index in [0.29, 0.717) is 34.8 Å². The number of hydrogen-bond acceptors (Lipinski definition) is 9. The normalized spacial score (nSPS) is 17.5. The van der Waals surface area contributed by atoms with Crippen LogP contribution in [0.5, 0.6) is 11.5 Å². The third kappa shape index (κ3) is 7.28. The molecule has 3 aromatic rings. The van der Waals surface area contributed by atoms with E-state index in [1.165, 1.54) is 23.3 Å². The Labute approximate surface area is 249 Å². The van der Waals surface area contributed by atoms with E-state index in [1.54, 1.807) is 13.2 Å². The van der Waals surface area contributed by atoms with Crippen molar-refractivity contribution in [2.45, 2.75) is 65.1 Å². The second-order valence-electron chi connectivity index (χ2n) is 11.2. The molecule has 12 heteroatoms. The fraction of sp³-hybridized carbons (Fsp3) is 0.500. The van der Waals surface area contributed by atoms with Crippen LogP contribution in [0, 0.1) is 11.8 Å². The number of carboxylic acid groups (broad SMARTS) is 1. The number of amides is 2. The monoisotopic (exact) mass is 597 g/mol. The maximum Gasteiger partial charge on any atom is 0.326 e. The molecule has 11 nitrogen and oxygen atoms in total. The largest absolute Gasteiger partial charge is 0.497 e. The highest BCUT2D eigenvalue weighted by Gasteiger charge is 2.42. The van der Waals surface area contributed by atoms with Gasteiger partial charge in [-0.05, 0) is 38.3 Å². The lowest BCUT2D eigenvalue weighted by molar-refractivity contribution is -0.149. The van der Waals surface area contributed by atoms with Crippen molar-refractivity contribution in [1.82, 2.24) is 20.2 Å². The minimum Gasteiger partial charge on any atom is -0.497 e. The summed E-state index contributed by atoms with van der Waals surface area (Å²) in [6, 6.07) is 6.44. The van der Waals surface area contributed by atoms with Gasteiger partial charge in [0.05, 0.1) is 24.9 Å². The summed E-state index contributed by atoms with van der Waals surface area (Å²) in [6.07, 6.45) is 0.00182. The molecule has 0 spiro atoms. The van der Waals surface area contributed by atoms with Gasteiger partial charge in [-0.2, -0.15) is 0 Å². The number of pyridine rings is 1. The summed E-state index contributed by atoms with van der Waals surface area (Å²) in [7, 11) is 3.12. The van der Waals surface area contributed by atoms with Crippen molar-refractivity contribution in [1.29, 1.82) is 0 Å². The Kier molecular flexibility index (Phi) is 9.87. The summed E-state index contributed by atoms with van der Waals surface area (Å²) >= 11 is 1.48. The molecule has 2 amide bonds. The molecule has 3 heterocycles. The molecule has 3 atom stereocenters. The summed E-state index contributed by atoms with van der Waals surface area (Å²) in [4.78, 5) is 48.8. The van der Waals surface area contributed by atoms with Crippen molar-refractivity contribution in [3.63, 3.8) is 0 Å². The lowest BCUT2D eigenvalue weighted by Gasteiger charge is -2.24. The Morgan fingerprint density at radius 2 is 1.90 bits per heavy atom. The summed E-state index contributed by atoms with van der Waals surface area (Å²) in [6.45, 7) is 8.13. The Morgan fingerprint density at radius 3 is 2.55 bits per heavy atom. The number of carbonyl (C=O) groups excluding carboxylic acids is 2.